The van der Waals surface area contributed by atoms with Crippen LogP contribution in [0.3, 0.4) is 0 Å². The summed E-state index contributed by atoms with van der Waals surface area (Å²) in [6.45, 7) is 13.3. The summed E-state index contributed by atoms with van der Waals surface area (Å²) in [7, 11) is -3.69. The second-order valence-electron chi connectivity index (χ2n) is 7.75. The van der Waals surface area contributed by atoms with Gasteiger partial charge in [0.15, 0.2) is 0 Å². The Balaban J connectivity index is 2.41. The van der Waals surface area contributed by atoms with E-state index in [1.165, 1.54) is 12.1 Å². The van der Waals surface area contributed by atoms with Gasteiger partial charge in [-0.2, -0.15) is 0 Å². The number of nitrogens with one attached hydrogen (secondary N) is 1. The highest BCUT2D eigenvalue weighted by Gasteiger charge is 2.30. The summed E-state index contributed by atoms with van der Waals surface area (Å²) in [5.41, 5.74) is 4.89. The molecule has 0 amide bonds. The normalized spacial score (nSPS) is 12.5. The summed E-state index contributed by atoms with van der Waals surface area (Å²) in [6.07, 6.45) is 0.467. The molecule has 0 bridgehead atoms. The van der Waals surface area contributed by atoms with Crippen LogP contribution in [0.4, 0.5) is 4.39 Å². The molecular weight excluding hydrogens is 349 g/mol. The monoisotopic (exact) mass is 377 g/mol. The molecule has 2 rings (SSSR count). The summed E-state index contributed by atoms with van der Waals surface area (Å²) in [5.74, 6) is -0.302. The van der Waals surface area contributed by atoms with Crippen LogP contribution in [0, 0.1) is 40.4 Å². The second-order valence-corrected chi connectivity index (χ2v) is 9.37. The van der Waals surface area contributed by atoms with Crippen LogP contribution < -0.4 is 4.72 Å². The highest BCUT2D eigenvalue weighted by Crippen LogP contribution is 2.30. The molecule has 0 aromatic heterocycles. The minimum absolute atomic E-state index is 0.302. The number of hydrogen-bond acceptors (Lipinski definition) is 2. The van der Waals surface area contributed by atoms with E-state index >= 15 is 0 Å². The van der Waals surface area contributed by atoms with Gasteiger partial charge < -0.3 is 0 Å². The zero-order chi connectivity index (χ0) is 19.9. The molecule has 0 aliphatic carbocycles. The third kappa shape index (κ3) is 4.15. The number of rotatable bonds is 5. The fourth-order valence-corrected chi connectivity index (χ4v) is 5.45. The molecule has 0 spiro atoms. The lowest BCUT2D eigenvalue weighted by molar-refractivity contribution is 0.449. The third-order valence-corrected chi connectivity index (χ3v) is 7.14. The summed E-state index contributed by atoms with van der Waals surface area (Å²) in [6, 6.07) is 6.14. The predicted octanol–water partition coefficient (Wildman–Crippen LogP) is 4.67. The smallest absolute Gasteiger partial charge is 0.207 e. The fraction of sp³-hybridized carbons (Fsp3) is 0.429. The van der Waals surface area contributed by atoms with Crippen LogP contribution in [0.15, 0.2) is 29.2 Å². The van der Waals surface area contributed by atoms with E-state index in [9.17, 15) is 12.8 Å². The highest BCUT2D eigenvalue weighted by atomic mass is 32.2. The lowest BCUT2D eigenvalue weighted by Gasteiger charge is -2.28. The van der Waals surface area contributed by atoms with E-state index in [0.717, 1.165) is 33.4 Å². The van der Waals surface area contributed by atoms with Gasteiger partial charge in [0.1, 0.15) is 5.82 Å². The average molecular weight is 378 g/mol. The molecule has 142 valence electrons. The molecular formula is C21H28FNO2S. The quantitative estimate of drug-likeness (QED) is 0.823. The number of sulfonamides is 1. The largest absolute Gasteiger partial charge is 0.241 e. The van der Waals surface area contributed by atoms with Crippen LogP contribution in [0.5, 0.6) is 0 Å². The van der Waals surface area contributed by atoms with Crippen LogP contribution in [0.2, 0.25) is 0 Å². The SMILES string of the molecule is Cc1c(C)c(C)c(S(=O)(=O)NC(C)(C)Cc2ccc(F)cc2)c(C)c1C. The van der Waals surface area contributed by atoms with Gasteiger partial charge in [0, 0.05) is 5.54 Å². The Hall–Kier alpha value is -1.72. The van der Waals surface area contributed by atoms with Crippen molar-refractivity contribution in [3.63, 3.8) is 0 Å². The molecule has 1 N–H and O–H groups in total. The first-order valence-electron chi connectivity index (χ1n) is 8.71. The summed E-state index contributed by atoms with van der Waals surface area (Å²) < 4.78 is 42.3. The van der Waals surface area contributed by atoms with E-state index in [4.69, 9.17) is 0 Å². The van der Waals surface area contributed by atoms with Gasteiger partial charge in [-0.15, -0.1) is 0 Å². The Morgan fingerprint density at radius 2 is 1.27 bits per heavy atom. The number of hydrogen-bond donors (Lipinski definition) is 1. The summed E-state index contributed by atoms with van der Waals surface area (Å²) in [5, 5.41) is 0. The molecule has 3 nitrogen and oxygen atoms in total. The third-order valence-electron chi connectivity index (χ3n) is 5.17. The number of halogens is 1. The van der Waals surface area contributed by atoms with Crippen LogP contribution >= 0.6 is 0 Å². The Labute approximate surface area is 156 Å². The van der Waals surface area contributed by atoms with E-state index in [2.05, 4.69) is 4.72 Å². The van der Waals surface area contributed by atoms with Crippen molar-refractivity contribution in [1.29, 1.82) is 0 Å². The maximum Gasteiger partial charge on any atom is 0.241 e. The van der Waals surface area contributed by atoms with Crippen LogP contribution in [0.1, 0.15) is 47.2 Å². The van der Waals surface area contributed by atoms with Crippen molar-refractivity contribution in [2.45, 2.75) is 65.3 Å². The highest BCUT2D eigenvalue weighted by molar-refractivity contribution is 7.89. The van der Waals surface area contributed by atoms with E-state index in [-0.39, 0.29) is 5.82 Å². The zero-order valence-corrected chi connectivity index (χ0v) is 17.4. The van der Waals surface area contributed by atoms with Crippen molar-refractivity contribution in [2.24, 2.45) is 0 Å². The van der Waals surface area contributed by atoms with Gasteiger partial charge in [0.25, 0.3) is 0 Å². The molecule has 2 aromatic carbocycles. The van der Waals surface area contributed by atoms with Crippen molar-refractivity contribution in [3.05, 3.63) is 63.5 Å². The van der Waals surface area contributed by atoms with Gasteiger partial charge in [0.05, 0.1) is 4.90 Å². The van der Waals surface area contributed by atoms with Gasteiger partial charge in [-0.3, -0.25) is 0 Å². The van der Waals surface area contributed by atoms with Crippen LogP contribution in [-0.2, 0) is 16.4 Å². The zero-order valence-electron chi connectivity index (χ0n) is 16.6. The van der Waals surface area contributed by atoms with Gasteiger partial charge in [-0.05, 0) is 100 Å². The topological polar surface area (TPSA) is 46.2 Å². The maximum atomic E-state index is 13.2. The summed E-state index contributed by atoms with van der Waals surface area (Å²) in [4.78, 5) is 0.366. The Bertz CT molecular complexity index is 900. The molecule has 0 saturated heterocycles. The molecule has 0 aliphatic rings. The minimum atomic E-state index is -3.69. The molecule has 0 radical (unpaired) electrons. The van der Waals surface area contributed by atoms with Crippen LogP contribution in [-0.4, -0.2) is 14.0 Å². The van der Waals surface area contributed by atoms with Crippen molar-refractivity contribution < 1.29 is 12.8 Å². The van der Waals surface area contributed by atoms with Gasteiger partial charge in [-0.25, -0.2) is 17.5 Å². The molecule has 0 aliphatic heterocycles. The standard InChI is InChI=1S/C21H28FNO2S/c1-13-14(2)16(4)20(17(5)15(13)3)26(24,25)23-21(6,7)12-18-8-10-19(22)11-9-18/h8-11,23H,12H2,1-7H3. The van der Waals surface area contributed by atoms with Crippen molar-refractivity contribution in [2.75, 3.05) is 0 Å². The molecule has 0 unspecified atom stereocenters. The fourth-order valence-electron chi connectivity index (χ4n) is 3.43. The van der Waals surface area contributed by atoms with E-state index in [1.807, 2.05) is 48.5 Å². The molecule has 26 heavy (non-hydrogen) atoms. The number of benzene rings is 2. The lowest BCUT2D eigenvalue weighted by Crippen LogP contribution is -2.45. The lowest BCUT2D eigenvalue weighted by atomic mass is 9.95. The van der Waals surface area contributed by atoms with E-state index in [0.29, 0.717) is 11.3 Å². The first-order chi connectivity index (χ1) is 11.9. The molecule has 5 heteroatoms. The van der Waals surface area contributed by atoms with Crippen molar-refractivity contribution in [1.82, 2.24) is 4.72 Å². The van der Waals surface area contributed by atoms with Crippen LogP contribution in [0.25, 0.3) is 0 Å². The van der Waals surface area contributed by atoms with E-state index in [1.54, 1.807) is 12.1 Å². The minimum Gasteiger partial charge on any atom is -0.207 e. The predicted molar refractivity (Wildman–Crippen MR) is 105 cm³/mol. The van der Waals surface area contributed by atoms with Crippen molar-refractivity contribution in [3.8, 4) is 0 Å². The van der Waals surface area contributed by atoms with Crippen molar-refractivity contribution >= 4 is 10.0 Å². The Morgan fingerprint density at radius 3 is 1.73 bits per heavy atom. The summed E-state index contributed by atoms with van der Waals surface area (Å²) >= 11 is 0. The second kappa shape index (κ2) is 7.12. The van der Waals surface area contributed by atoms with Gasteiger partial charge >= 0.3 is 0 Å². The molecule has 0 atom stereocenters. The maximum absolute atomic E-state index is 13.2. The molecule has 0 heterocycles. The average Bonchev–Trinajstić information content (AvgIpc) is 2.52. The van der Waals surface area contributed by atoms with Gasteiger partial charge in [-0.1, -0.05) is 12.1 Å². The van der Waals surface area contributed by atoms with Gasteiger partial charge in [0.2, 0.25) is 10.0 Å². The molecule has 0 saturated carbocycles. The first-order valence-corrected chi connectivity index (χ1v) is 10.2. The Kier molecular flexibility index (Phi) is 5.64. The Morgan fingerprint density at radius 1 is 0.846 bits per heavy atom. The molecule has 0 fully saturated rings. The first kappa shape index (κ1) is 20.6. The molecule has 2 aromatic rings. The van der Waals surface area contributed by atoms with E-state index < -0.39 is 15.6 Å².